The van der Waals surface area contributed by atoms with Crippen LogP contribution in [0.4, 0.5) is 5.69 Å². The molecule has 2 aromatic rings. The number of H-pyrrole nitrogens is 2. The van der Waals surface area contributed by atoms with Crippen molar-refractivity contribution in [3.05, 3.63) is 48.5 Å². The minimum atomic E-state index is -0.820. The van der Waals surface area contributed by atoms with E-state index in [1.165, 1.54) is 12.1 Å². The van der Waals surface area contributed by atoms with E-state index in [2.05, 4.69) is 15.3 Å². The molecule has 3 rings (SSSR count). The molecule has 1 aliphatic rings. The molecule has 20 heavy (non-hydrogen) atoms. The van der Waals surface area contributed by atoms with Crippen molar-refractivity contribution in [2.75, 3.05) is 0 Å². The number of aromatic nitrogens is 2. The number of nitro benzene ring substituents is 1. The Morgan fingerprint density at radius 1 is 1.25 bits per heavy atom. The average molecular weight is 276 g/mol. The van der Waals surface area contributed by atoms with Gasteiger partial charge in [0.25, 0.3) is 5.69 Å². The third-order valence-corrected chi connectivity index (χ3v) is 3.27. The fraction of sp³-hybridized carbons (Fsp3) is 0.333. The lowest BCUT2D eigenvalue weighted by Crippen LogP contribution is -2.29. The van der Waals surface area contributed by atoms with Gasteiger partial charge in [-0.3, -0.25) is 19.7 Å². The van der Waals surface area contributed by atoms with Gasteiger partial charge < -0.3 is 15.3 Å². The van der Waals surface area contributed by atoms with Gasteiger partial charge in [0.2, 0.25) is 0 Å². The summed E-state index contributed by atoms with van der Waals surface area (Å²) in [5.41, 5.74) is -0.426. The van der Waals surface area contributed by atoms with E-state index in [0.29, 0.717) is 23.7 Å². The van der Waals surface area contributed by atoms with E-state index in [4.69, 9.17) is 0 Å². The van der Waals surface area contributed by atoms with Gasteiger partial charge >= 0.3 is 11.1 Å². The van der Waals surface area contributed by atoms with Gasteiger partial charge in [-0.05, 0) is 18.4 Å². The fourth-order valence-corrected chi connectivity index (χ4v) is 2.07. The first kappa shape index (κ1) is 12.5. The Balaban J connectivity index is 2.16. The standard InChI is InChI=1S/C12H12N4O4/c17-11-12(18)15-10-6(5-13-7-1-2-7)3-8(16(19)20)4-9(10)14-11/h3-4,7,13H,1-2,5H2,(H,14,17)(H,15,18). The summed E-state index contributed by atoms with van der Waals surface area (Å²) in [5, 5.41) is 14.1. The molecule has 0 unspecified atom stereocenters. The summed E-state index contributed by atoms with van der Waals surface area (Å²) in [6, 6.07) is 3.08. The number of fused-ring (bicyclic) bond motifs is 1. The van der Waals surface area contributed by atoms with Crippen LogP contribution < -0.4 is 16.4 Å². The minimum Gasteiger partial charge on any atom is -0.316 e. The monoisotopic (exact) mass is 276 g/mol. The largest absolute Gasteiger partial charge is 0.316 e. The number of nitro groups is 1. The molecule has 0 amide bonds. The number of aromatic amines is 2. The lowest BCUT2D eigenvalue weighted by atomic mass is 10.1. The van der Waals surface area contributed by atoms with Crippen LogP contribution in [0.25, 0.3) is 11.0 Å². The molecule has 1 aromatic heterocycles. The van der Waals surface area contributed by atoms with E-state index < -0.39 is 16.0 Å². The Morgan fingerprint density at radius 2 is 1.95 bits per heavy atom. The van der Waals surface area contributed by atoms with Gasteiger partial charge in [-0.1, -0.05) is 0 Å². The number of hydrogen-bond acceptors (Lipinski definition) is 5. The molecular weight excluding hydrogens is 264 g/mol. The van der Waals surface area contributed by atoms with Crippen LogP contribution in [-0.2, 0) is 6.54 Å². The molecule has 0 radical (unpaired) electrons. The predicted molar refractivity (Wildman–Crippen MR) is 71.7 cm³/mol. The van der Waals surface area contributed by atoms with Crippen LogP contribution in [0.1, 0.15) is 18.4 Å². The highest BCUT2D eigenvalue weighted by molar-refractivity contribution is 5.80. The summed E-state index contributed by atoms with van der Waals surface area (Å²) in [6.45, 7) is 0.408. The van der Waals surface area contributed by atoms with Crippen molar-refractivity contribution in [3.63, 3.8) is 0 Å². The SMILES string of the molecule is O=c1[nH]c2cc([N+](=O)[O-])cc(CNC3CC3)c2[nH]c1=O. The molecular formula is C12H12N4O4. The highest BCUT2D eigenvalue weighted by Gasteiger charge is 2.21. The highest BCUT2D eigenvalue weighted by Crippen LogP contribution is 2.24. The molecule has 0 aliphatic heterocycles. The Kier molecular flexibility index (Phi) is 2.87. The molecule has 1 aromatic carbocycles. The molecule has 3 N–H and O–H groups in total. The number of nitrogens with zero attached hydrogens (tertiary/aromatic N) is 1. The van der Waals surface area contributed by atoms with Gasteiger partial charge in [0.15, 0.2) is 0 Å². The number of rotatable bonds is 4. The lowest BCUT2D eigenvalue weighted by Gasteiger charge is -2.07. The zero-order valence-corrected chi connectivity index (χ0v) is 10.4. The first-order chi connectivity index (χ1) is 9.54. The predicted octanol–water partition coefficient (Wildman–Crippen LogP) is 0.377. The Bertz CT molecular complexity index is 803. The lowest BCUT2D eigenvalue weighted by molar-refractivity contribution is -0.384. The third kappa shape index (κ3) is 2.32. The highest BCUT2D eigenvalue weighted by atomic mass is 16.6. The Morgan fingerprint density at radius 3 is 2.60 bits per heavy atom. The summed E-state index contributed by atoms with van der Waals surface area (Å²) < 4.78 is 0. The maximum absolute atomic E-state index is 11.4. The van der Waals surface area contributed by atoms with Crippen LogP contribution in [0.3, 0.4) is 0 Å². The second kappa shape index (κ2) is 4.57. The van der Waals surface area contributed by atoms with E-state index in [-0.39, 0.29) is 11.2 Å². The zero-order chi connectivity index (χ0) is 14.3. The first-order valence-corrected chi connectivity index (χ1v) is 6.21. The van der Waals surface area contributed by atoms with Crippen molar-refractivity contribution in [3.8, 4) is 0 Å². The van der Waals surface area contributed by atoms with Crippen molar-refractivity contribution < 1.29 is 4.92 Å². The molecule has 0 bridgehead atoms. The van der Waals surface area contributed by atoms with Crippen LogP contribution in [0.5, 0.6) is 0 Å². The van der Waals surface area contributed by atoms with Crippen molar-refractivity contribution in [1.29, 1.82) is 0 Å². The van der Waals surface area contributed by atoms with Gasteiger partial charge in [0.1, 0.15) is 0 Å². The first-order valence-electron chi connectivity index (χ1n) is 6.21. The number of non-ortho nitro benzene ring substituents is 1. The topological polar surface area (TPSA) is 121 Å². The molecule has 1 heterocycles. The summed E-state index contributed by atoms with van der Waals surface area (Å²) >= 11 is 0. The summed E-state index contributed by atoms with van der Waals surface area (Å²) in [5.74, 6) is 0. The second-order valence-electron chi connectivity index (χ2n) is 4.85. The van der Waals surface area contributed by atoms with Gasteiger partial charge in [-0.15, -0.1) is 0 Å². The summed E-state index contributed by atoms with van der Waals surface area (Å²) in [6.07, 6.45) is 2.17. The van der Waals surface area contributed by atoms with Gasteiger partial charge in [0, 0.05) is 24.7 Å². The molecule has 0 saturated heterocycles. The van der Waals surface area contributed by atoms with Crippen LogP contribution in [0.2, 0.25) is 0 Å². The number of nitrogens with one attached hydrogen (secondary N) is 3. The smallest absolute Gasteiger partial charge is 0.314 e. The molecule has 8 nitrogen and oxygen atoms in total. The Hall–Kier alpha value is -2.48. The van der Waals surface area contributed by atoms with Crippen molar-refractivity contribution in [2.24, 2.45) is 0 Å². The minimum absolute atomic E-state index is 0.118. The molecule has 1 saturated carbocycles. The quantitative estimate of drug-likeness (QED) is 0.423. The van der Waals surface area contributed by atoms with Gasteiger partial charge in [-0.25, -0.2) is 0 Å². The van der Waals surface area contributed by atoms with E-state index in [0.717, 1.165) is 12.8 Å². The maximum atomic E-state index is 11.4. The molecule has 0 atom stereocenters. The fourth-order valence-electron chi connectivity index (χ4n) is 2.07. The molecule has 1 aliphatic carbocycles. The summed E-state index contributed by atoms with van der Waals surface area (Å²) in [7, 11) is 0. The normalized spacial score (nSPS) is 14.6. The average Bonchev–Trinajstić information content (AvgIpc) is 3.21. The van der Waals surface area contributed by atoms with Crippen LogP contribution >= 0.6 is 0 Å². The third-order valence-electron chi connectivity index (χ3n) is 3.27. The van der Waals surface area contributed by atoms with Gasteiger partial charge in [-0.2, -0.15) is 0 Å². The molecule has 1 fully saturated rings. The van der Waals surface area contributed by atoms with Gasteiger partial charge in [0.05, 0.1) is 16.0 Å². The molecule has 104 valence electrons. The van der Waals surface area contributed by atoms with Crippen molar-refractivity contribution in [2.45, 2.75) is 25.4 Å². The van der Waals surface area contributed by atoms with E-state index in [1.54, 1.807) is 0 Å². The number of benzene rings is 1. The molecule has 0 spiro atoms. The van der Waals surface area contributed by atoms with Crippen LogP contribution in [0, 0.1) is 10.1 Å². The summed E-state index contributed by atoms with van der Waals surface area (Å²) in [4.78, 5) is 38.0. The van der Waals surface area contributed by atoms with Crippen molar-refractivity contribution >= 4 is 16.7 Å². The van der Waals surface area contributed by atoms with Crippen molar-refractivity contribution in [1.82, 2.24) is 15.3 Å². The second-order valence-corrected chi connectivity index (χ2v) is 4.85. The Labute approximate surface area is 112 Å². The van der Waals surface area contributed by atoms with E-state index in [1.807, 2.05) is 0 Å². The maximum Gasteiger partial charge on any atom is 0.314 e. The van der Waals surface area contributed by atoms with Crippen LogP contribution in [-0.4, -0.2) is 20.9 Å². The van der Waals surface area contributed by atoms with Crippen LogP contribution in [0.15, 0.2) is 21.7 Å². The van der Waals surface area contributed by atoms with E-state index >= 15 is 0 Å². The number of hydrogen-bond donors (Lipinski definition) is 3. The zero-order valence-electron chi connectivity index (χ0n) is 10.4. The molecule has 8 heteroatoms. The van der Waals surface area contributed by atoms with E-state index in [9.17, 15) is 19.7 Å².